The maximum atomic E-state index is 11.0. The van der Waals surface area contributed by atoms with Gasteiger partial charge >= 0.3 is 11.1 Å². The van der Waals surface area contributed by atoms with Gasteiger partial charge in [0.05, 0.1) is 6.54 Å². The van der Waals surface area contributed by atoms with E-state index in [2.05, 4.69) is 16.4 Å². The minimum absolute atomic E-state index is 0.445. The summed E-state index contributed by atoms with van der Waals surface area (Å²) in [5, 5.41) is 3.59. The smallest absolute Gasteiger partial charge is 0.298 e. The summed E-state index contributed by atoms with van der Waals surface area (Å²) in [6.07, 6.45) is 4.16. The van der Waals surface area contributed by atoms with Gasteiger partial charge in [-0.3, -0.25) is 14.6 Å². The number of nitrogens with zero attached hydrogens (tertiary/aromatic N) is 2. The van der Waals surface area contributed by atoms with Gasteiger partial charge in [-0.25, -0.2) is 4.68 Å². The van der Waals surface area contributed by atoms with Crippen LogP contribution in [0.4, 0.5) is 0 Å². The number of hydrogen-bond donors (Lipinski definition) is 1. The molecule has 0 saturated heterocycles. The fourth-order valence-electron chi connectivity index (χ4n) is 0.682. The largest absolute Gasteiger partial charge is 0.332 e. The molecule has 0 atom stereocenters. The Morgan fingerprint density at radius 1 is 1.67 bits per heavy atom. The van der Waals surface area contributed by atoms with Crippen molar-refractivity contribution >= 4 is 11.8 Å². The average molecular weight is 186 g/mol. The van der Waals surface area contributed by atoms with E-state index in [1.165, 1.54) is 0 Å². The molecule has 1 aromatic rings. The van der Waals surface area contributed by atoms with Gasteiger partial charge in [-0.05, 0) is 6.26 Å². The first-order valence-corrected chi connectivity index (χ1v) is 4.71. The normalized spacial score (nSPS) is 10.1. The van der Waals surface area contributed by atoms with Crippen molar-refractivity contribution in [2.75, 3.05) is 12.0 Å². The minimum atomic E-state index is -0.675. The lowest BCUT2D eigenvalue weighted by Gasteiger charge is -1.98. The SMILES string of the molecule is CSCCn1n[c][nH]c(=O)c1=O. The van der Waals surface area contributed by atoms with Crippen LogP contribution in [0, 0.1) is 6.33 Å². The number of aryl methyl sites for hydroxylation is 1. The van der Waals surface area contributed by atoms with E-state index in [4.69, 9.17) is 0 Å². The molecule has 1 aromatic heterocycles. The topological polar surface area (TPSA) is 67.8 Å². The van der Waals surface area contributed by atoms with E-state index in [-0.39, 0.29) is 0 Å². The molecule has 0 bridgehead atoms. The Morgan fingerprint density at radius 2 is 2.42 bits per heavy atom. The maximum Gasteiger partial charge on any atom is 0.332 e. The summed E-state index contributed by atoms with van der Waals surface area (Å²) >= 11 is 1.59. The third-order valence-electron chi connectivity index (χ3n) is 1.28. The van der Waals surface area contributed by atoms with Crippen LogP contribution in [0.15, 0.2) is 9.59 Å². The van der Waals surface area contributed by atoms with E-state index in [0.29, 0.717) is 6.54 Å². The van der Waals surface area contributed by atoms with Crippen molar-refractivity contribution in [3.63, 3.8) is 0 Å². The van der Waals surface area contributed by atoms with Crippen LogP contribution in [-0.4, -0.2) is 26.8 Å². The van der Waals surface area contributed by atoms with E-state index in [1.54, 1.807) is 11.8 Å². The third kappa shape index (κ3) is 1.97. The van der Waals surface area contributed by atoms with Gasteiger partial charge in [0, 0.05) is 5.75 Å². The van der Waals surface area contributed by atoms with E-state index >= 15 is 0 Å². The van der Waals surface area contributed by atoms with Gasteiger partial charge in [-0.15, -0.1) is 5.10 Å². The Bertz CT molecular complexity index is 356. The molecule has 0 saturated carbocycles. The second-order valence-corrected chi connectivity index (χ2v) is 3.07. The summed E-state index contributed by atoms with van der Waals surface area (Å²) in [6, 6.07) is 0. The molecule has 5 nitrogen and oxygen atoms in total. The maximum absolute atomic E-state index is 11.0. The first kappa shape index (κ1) is 9.05. The number of H-pyrrole nitrogens is 1. The summed E-state index contributed by atoms with van der Waals surface area (Å²) in [5.74, 6) is 0.754. The highest BCUT2D eigenvalue weighted by atomic mass is 32.2. The molecule has 0 unspecified atom stereocenters. The van der Waals surface area contributed by atoms with Gasteiger partial charge in [-0.2, -0.15) is 11.8 Å². The Kier molecular flexibility index (Phi) is 3.09. The van der Waals surface area contributed by atoms with Gasteiger partial charge in [0.25, 0.3) is 0 Å². The van der Waals surface area contributed by atoms with Gasteiger partial charge in [0.1, 0.15) is 0 Å². The fraction of sp³-hybridized carbons (Fsp3) is 0.500. The summed E-state index contributed by atoms with van der Waals surface area (Å²) in [7, 11) is 0. The summed E-state index contributed by atoms with van der Waals surface area (Å²) in [5.41, 5.74) is -1.30. The lowest BCUT2D eigenvalue weighted by Crippen LogP contribution is -2.38. The third-order valence-corrected chi connectivity index (χ3v) is 1.87. The van der Waals surface area contributed by atoms with Crippen molar-refractivity contribution in [3.05, 3.63) is 27.0 Å². The number of hydrogen-bond acceptors (Lipinski definition) is 4. The zero-order valence-electron chi connectivity index (χ0n) is 6.53. The molecular weight excluding hydrogens is 178 g/mol. The van der Waals surface area contributed by atoms with Crippen LogP contribution in [0.1, 0.15) is 0 Å². The highest BCUT2D eigenvalue weighted by molar-refractivity contribution is 7.98. The molecule has 65 valence electrons. The van der Waals surface area contributed by atoms with Crippen LogP contribution >= 0.6 is 11.8 Å². The lowest BCUT2D eigenvalue weighted by molar-refractivity contribution is 0.597. The second kappa shape index (κ2) is 4.10. The van der Waals surface area contributed by atoms with Crippen LogP contribution in [-0.2, 0) is 6.54 Å². The summed E-state index contributed by atoms with van der Waals surface area (Å²) in [4.78, 5) is 23.8. The van der Waals surface area contributed by atoms with Crippen molar-refractivity contribution in [1.82, 2.24) is 14.8 Å². The monoisotopic (exact) mass is 186 g/mol. The highest BCUT2D eigenvalue weighted by Crippen LogP contribution is 1.89. The number of aromatic nitrogens is 3. The average Bonchev–Trinajstić information content (AvgIpc) is 2.08. The zero-order chi connectivity index (χ0) is 8.97. The fourth-order valence-corrected chi connectivity index (χ4v) is 1.04. The van der Waals surface area contributed by atoms with Crippen LogP contribution < -0.4 is 11.1 Å². The van der Waals surface area contributed by atoms with Gasteiger partial charge < -0.3 is 0 Å². The molecule has 0 amide bonds. The summed E-state index contributed by atoms with van der Waals surface area (Å²) in [6.45, 7) is 0.445. The number of nitrogens with one attached hydrogen (secondary N) is 1. The second-order valence-electron chi connectivity index (χ2n) is 2.09. The molecule has 1 N–H and O–H groups in total. The van der Waals surface area contributed by atoms with Crippen molar-refractivity contribution in [2.45, 2.75) is 6.54 Å². The minimum Gasteiger partial charge on any atom is -0.298 e. The Hall–Kier alpha value is -1.04. The van der Waals surface area contributed by atoms with Crippen LogP contribution in [0.3, 0.4) is 0 Å². The van der Waals surface area contributed by atoms with Crippen molar-refractivity contribution < 1.29 is 0 Å². The molecule has 1 heterocycles. The van der Waals surface area contributed by atoms with Crippen LogP contribution in [0.25, 0.3) is 0 Å². The van der Waals surface area contributed by atoms with Gasteiger partial charge in [-0.1, -0.05) is 0 Å². The highest BCUT2D eigenvalue weighted by Gasteiger charge is 1.99. The number of rotatable bonds is 3. The van der Waals surface area contributed by atoms with E-state index in [9.17, 15) is 9.59 Å². The molecule has 0 aliphatic carbocycles. The van der Waals surface area contributed by atoms with Crippen molar-refractivity contribution in [1.29, 1.82) is 0 Å². The molecular formula is C6H8N3O2S. The molecule has 0 aliphatic rings. The first-order chi connectivity index (χ1) is 5.75. The Balaban J connectivity index is 2.93. The number of thioether (sulfide) groups is 1. The predicted octanol–water partition coefficient (Wildman–Crippen LogP) is -0.905. The van der Waals surface area contributed by atoms with Crippen molar-refractivity contribution in [3.8, 4) is 0 Å². The standard InChI is InChI=1S/C6H8N3O2S/c1-12-3-2-9-6(11)5(10)7-4-8-9/h2-3H2,1H3,(H,7,8,10). The quantitative estimate of drug-likeness (QED) is 0.621. The van der Waals surface area contributed by atoms with Gasteiger partial charge in [0.2, 0.25) is 0 Å². The Morgan fingerprint density at radius 3 is 3.08 bits per heavy atom. The van der Waals surface area contributed by atoms with Gasteiger partial charge in [0.15, 0.2) is 6.33 Å². The van der Waals surface area contributed by atoms with Crippen LogP contribution in [0.5, 0.6) is 0 Å². The molecule has 0 fully saturated rings. The molecule has 12 heavy (non-hydrogen) atoms. The van der Waals surface area contributed by atoms with E-state index < -0.39 is 11.1 Å². The van der Waals surface area contributed by atoms with Crippen molar-refractivity contribution in [2.24, 2.45) is 0 Å². The van der Waals surface area contributed by atoms with Crippen LogP contribution in [0.2, 0.25) is 0 Å². The Labute approximate surface area is 72.8 Å². The molecule has 0 aliphatic heterocycles. The number of aromatic amines is 1. The zero-order valence-corrected chi connectivity index (χ0v) is 7.35. The predicted molar refractivity (Wildman–Crippen MR) is 46.3 cm³/mol. The molecule has 1 rings (SSSR count). The summed E-state index contributed by atoms with van der Waals surface area (Å²) < 4.78 is 1.11. The van der Waals surface area contributed by atoms with E-state index in [1.807, 2.05) is 6.26 Å². The molecule has 0 spiro atoms. The molecule has 0 aromatic carbocycles. The molecule has 6 heteroatoms. The molecule has 1 radical (unpaired) electrons. The van der Waals surface area contributed by atoms with E-state index in [0.717, 1.165) is 10.4 Å². The lowest BCUT2D eigenvalue weighted by atomic mass is 10.7. The first-order valence-electron chi connectivity index (χ1n) is 3.32.